The second kappa shape index (κ2) is 18.1. The first kappa shape index (κ1) is 32.9. The number of halogens is 1. The van der Waals surface area contributed by atoms with Crippen molar-refractivity contribution in [1.29, 1.82) is 0 Å². The largest absolute Gasteiger partial charge is 0.497 e. The summed E-state index contributed by atoms with van der Waals surface area (Å²) >= 11 is 0. The molecule has 5 nitrogen and oxygen atoms in total. The normalized spacial score (nSPS) is 11.1. The summed E-state index contributed by atoms with van der Waals surface area (Å²) in [5, 5.41) is 11.3. The molecule has 0 aromatic heterocycles. The van der Waals surface area contributed by atoms with Gasteiger partial charge in [0.1, 0.15) is 11.6 Å². The van der Waals surface area contributed by atoms with E-state index in [0.717, 1.165) is 36.9 Å². The maximum absolute atomic E-state index is 14.2. The third-order valence-electron chi connectivity index (χ3n) is 6.61. The van der Waals surface area contributed by atoms with Crippen molar-refractivity contribution in [3.05, 3.63) is 90.3 Å². The zero-order chi connectivity index (χ0) is 29.3. The number of likely N-dealkylation sites (N-methyl/N-ethyl adjacent to an activating group) is 1. The summed E-state index contributed by atoms with van der Waals surface area (Å²) in [7, 11) is 1.59. The number of benzene rings is 3. The van der Waals surface area contributed by atoms with Crippen LogP contribution in [0.15, 0.2) is 73.3 Å². The second-order valence-corrected chi connectivity index (χ2v) is 9.33. The molecule has 0 aliphatic carbocycles. The van der Waals surface area contributed by atoms with Crippen LogP contribution in [0.4, 0.5) is 4.39 Å². The maximum atomic E-state index is 14.2. The summed E-state index contributed by atoms with van der Waals surface area (Å²) in [6, 6.07) is 13.8. The van der Waals surface area contributed by atoms with Crippen LogP contribution in [0, 0.1) is 5.82 Å². The number of ether oxygens (including phenoxy) is 2. The molecular weight excluding hydrogens is 505 g/mol. The van der Waals surface area contributed by atoms with Crippen LogP contribution in [0.3, 0.4) is 0 Å². The van der Waals surface area contributed by atoms with E-state index in [1.54, 1.807) is 49.6 Å². The molecule has 216 valence electrons. The van der Waals surface area contributed by atoms with E-state index in [1.165, 1.54) is 25.5 Å². The average Bonchev–Trinajstić information content (AvgIpc) is 2.98. The molecule has 0 saturated heterocycles. The first-order valence-electron chi connectivity index (χ1n) is 14.1. The molecule has 0 fully saturated rings. The third-order valence-corrected chi connectivity index (χ3v) is 6.61. The van der Waals surface area contributed by atoms with E-state index in [9.17, 15) is 14.3 Å². The lowest BCUT2D eigenvalue weighted by Gasteiger charge is -2.19. The summed E-state index contributed by atoms with van der Waals surface area (Å²) < 4.78 is 24.8. The first-order chi connectivity index (χ1) is 19.4. The van der Waals surface area contributed by atoms with Gasteiger partial charge in [0.2, 0.25) is 0 Å². The van der Waals surface area contributed by atoms with E-state index in [-0.39, 0.29) is 11.3 Å². The summed E-state index contributed by atoms with van der Waals surface area (Å²) in [5.41, 5.74) is 1.78. The van der Waals surface area contributed by atoms with Gasteiger partial charge in [-0.1, -0.05) is 63.6 Å². The van der Waals surface area contributed by atoms with Gasteiger partial charge in [-0.3, -0.25) is 4.79 Å². The lowest BCUT2D eigenvalue weighted by molar-refractivity contribution is 0.104. The number of ketones is 1. The van der Waals surface area contributed by atoms with Crippen molar-refractivity contribution in [3.63, 3.8) is 0 Å². The SMILES string of the molecule is C=CCOCCN(CC)CCCC.CC/C=C/C(=O)c1c(-c2cccc(F)c2CO)ccc2cc(OC)ccc12. The molecule has 0 unspecified atom stereocenters. The van der Waals surface area contributed by atoms with E-state index in [2.05, 4.69) is 25.3 Å². The zero-order valence-corrected chi connectivity index (χ0v) is 24.4. The minimum absolute atomic E-state index is 0.157. The third kappa shape index (κ3) is 9.40. The number of aliphatic hydroxyl groups is 1. The highest BCUT2D eigenvalue weighted by atomic mass is 19.1. The molecule has 40 heavy (non-hydrogen) atoms. The van der Waals surface area contributed by atoms with Crippen molar-refractivity contribution < 1.29 is 23.8 Å². The van der Waals surface area contributed by atoms with Gasteiger partial charge in [-0.15, -0.1) is 6.58 Å². The van der Waals surface area contributed by atoms with Crippen molar-refractivity contribution >= 4 is 16.6 Å². The highest BCUT2D eigenvalue weighted by Crippen LogP contribution is 2.35. The van der Waals surface area contributed by atoms with Crippen LogP contribution in [0.5, 0.6) is 5.75 Å². The van der Waals surface area contributed by atoms with Crippen molar-refractivity contribution in [2.24, 2.45) is 0 Å². The Morgan fingerprint density at radius 1 is 1.07 bits per heavy atom. The molecule has 1 N–H and O–H groups in total. The molecule has 0 aliphatic rings. The van der Waals surface area contributed by atoms with E-state index in [0.29, 0.717) is 29.0 Å². The van der Waals surface area contributed by atoms with Crippen LogP contribution in [-0.4, -0.2) is 55.7 Å². The number of carbonyl (C=O) groups is 1. The lowest BCUT2D eigenvalue weighted by atomic mass is 9.89. The molecule has 6 heteroatoms. The minimum atomic E-state index is -0.493. The molecular formula is C34H44FNO4. The Hall–Kier alpha value is -3.32. The Labute approximate surface area is 238 Å². The molecule has 0 aliphatic heterocycles. The van der Waals surface area contributed by atoms with Gasteiger partial charge in [0.05, 0.1) is 26.9 Å². The van der Waals surface area contributed by atoms with E-state index in [1.807, 2.05) is 25.1 Å². The molecule has 0 spiro atoms. The number of allylic oxidation sites excluding steroid dienone is 2. The molecule has 0 atom stereocenters. The van der Waals surface area contributed by atoms with Crippen LogP contribution in [0.2, 0.25) is 0 Å². The summed E-state index contributed by atoms with van der Waals surface area (Å²) in [6.07, 6.45) is 8.43. The van der Waals surface area contributed by atoms with Crippen molar-refractivity contribution in [1.82, 2.24) is 4.90 Å². The molecule has 3 aromatic carbocycles. The fourth-order valence-corrected chi connectivity index (χ4v) is 4.37. The number of aliphatic hydroxyl groups excluding tert-OH is 1. The molecule has 0 heterocycles. The second-order valence-electron chi connectivity index (χ2n) is 9.33. The molecule has 0 bridgehead atoms. The van der Waals surface area contributed by atoms with Gasteiger partial charge < -0.3 is 19.5 Å². The smallest absolute Gasteiger partial charge is 0.186 e. The number of rotatable bonds is 15. The average molecular weight is 550 g/mol. The fourth-order valence-electron chi connectivity index (χ4n) is 4.37. The van der Waals surface area contributed by atoms with Crippen molar-refractivity contribution in [3.8, 4) is 16.9 Å². The standard InChI is InChI=1S/C23H21FO3.C11H23NO/c1-3-4-8-22(26)23-17-12-10-16(27-2)13-15(17)9-11-19(23)18-6-5-7-21(24)20(18)14-25;1-4-7-8-12(6-3)9-11-13-10-5-2/h4-13,25H,3,14H2,1-2H3;5H,2,4,6-11H2,1,3H3/b8-4+;. The van der Waals surface area contributed by atoms with E-state index >= 15 is 0 Å². The van der Waals surface area contributed by atoms with Crippen LogP contribution in [0.1, 0.15) is 56.0 Å². The van der Waals surface area contributed by atoms with Gasteiger partial charge >= 0.3 is 0 Å². The zero-order valence-electron chi connectivity index (χ0n) is 24.4. The number of unbranched alkanes of at least 4 members (excludes halogenated alkanes) is 1. The van der Waals surface area contributed by atoms with Crippen LogP contribution < -0.4 is 4.74 Å². The quantitative estimate of drug-likeness (QED) is 0.0915. The Balaban J connectivity index is 0.000000366. The molecule has 3 aromatic rings. The van der Waals surface area contributed by atoms with Gasteiger partial charge in [-0.25, -0.2) is 4.39 Å². The fraction of sp³-hybridized carbons (Fsp3) is 0.382. The Kier molecular flexibility index (Phi) is 14.9. The molecule has 0 radical (unpaired) electrons. The summed E-state index contributed by atoms with van der Waals surface area (Å²) in [6.45, 7) is 14.4. The maximum Gasteiger partial charge on any atom is 0.186 e. The van der Waals surface area contributed by atoms with E-state index < -0.39 is 12.4 Å². The number of methoxy groups -OCH3 is 1. The topological polar surface area (TPSA) is 59.0 Å². The van der Waals surface area contributed by atoms with E-state index in [4.69, 9.17) is 9.47 Å². The van der Waals surface area contributed by atoms with Gasteiger partial charge in [-0.2, -0.15) is 0 Å². The highest BCUT2D eigenvalue weighted by Gasteiger charge is 2.19. The molecule has 0 saturated carbocycles. The Morgan fingerprint density at radius 2 is 1.88 bits per heavy atom. The summed E-state index contributed by atoms with van der Waals surface area (Å²) in [5.74, 6) is 0.0441. The van der Waals surface area contributed by atoms with Gasteiger partial charge in [-0.05, 0) is 78.2 Å². The number of fused-ring (bicyclic) bond motifs is 1. The first-order valence-corrected chi connectivity index (χ1v) is 14.1. The molecule has 3 rings (SSSR count). The van der Waals surface area contributed by atoms with Crippen LogP contribution in [0.25, 0.3) is 21.9 Å². The lowest BCUT2D eigenvalue weighted by Crippen LogP contribution is -2.28. The summed E-state index contributed by atoms with van der Waals surface area (Å²) in [4.78, 5) is 15.4. The monoisotopic (exact) mass is 549 g/mol. The predicted octanol–water partition coefficient (Wildman–Crippen LogP) is 7.61. The van der Waals surface area contributed by atoms with Crippen LogP contribution >= 0.6 is 0 Å². The van der Waals surface area contributed by atoms with Gasteiger partial charge in [0.15, 0.2) is 5.78 Å². The Morgan fingerprint density at radius 3 is 2.52 bits per heavy atom. The Bertz CT molecular complexity index is 1250. The highest BCUT2D eigenvalue weighted by molar-refractivity contribution is 6.18. The van der Waals surface area contributed by atoms with Gasteiger partial charge in [0.25, 0.3) is 0 Å². The van der Waals surface area contributed by atoms with Crippen molar-refractivity contribution in [2.45, 2.75) is 46.6 Å². The number of nitrogens with zero attached hydrogens (tertiary/aromatic N) is 1. The van der Waals surface area contributed by atoms with Gasteiger partial charge in [0, 0.05) is 17.7 Å². The number of hydrogen-bond donors (Lipinski definition) is 1. The van der Waals surface area contributed by atoms with Crippen LogP contribution in [-0.2, 0) is 11.3 Å². The minimum Gasteiger partial charge on any atom is -0.497 e. The predicted molar refractivity (Wildman–Crippen MR) is 164 cm³/mol. The number of hydrogen-bond acceptors (Lipinski definition) is 5. The van der Waals surface area contributed by atoms with Crippen molar-refractivity contribution in [2.75, 3.05) is 40.0 Å². The number of carbonyl (C=O) groups excluding carboxylic acids is 1. The molecule has 0 amide bonds.